The molecule has 0 amide bonds. The Morgan fingerprint density at radius 2 is 2.12 bits per heavy atom. The van der Waals surface area contributed by atoms with Crippen molar-refractivity contribution in [2.24, 2.45) is 4.99 Å². The number of hydrogen-bond donors (Lipinski definition) is 0. The van der Waals surface area contributed by atoms with Crippen molar-refractivity contribution in [2.45, 2.75) is 32.6 Å². The monoisotopic (exact) mass is 225 g/mol. The van der Waals surface area contributed by atoms with E-state index >= 15 is 0 Å². The summed E-state index contributed by atoms with van der Waals surface area (Å²) in [6.45, 7) is 7.86. The third kappa shape index (κ3) is 3.16. The Bertz CT molecular complexity index is 472. The Kier molecular flexibility index (Phi) is 3.58. The lowest BCUT2D eigenvalue weighted by Gasteiger charge is -2.04. The molecule has 1 saturated carbocycles. The first kappa shape index (κ1) is 11.8. The summed E-state index contributed by atoms with van der Waals surface area (Å²) in [5, 5.41) is 0. The highest BCUT2D eigenvalue weighted by molar-refractivity contribution is 5.82. The van der Waals surface area contributed by atoms with Crippen molar-refractivity contribution in [1.82, 2.24) is 0 Å². The number of aliphatic imine (C=N–C) groups is 1. The van der Waals surface area contributed by atoms with Gasteiger partial charge in [0.25, 0.3) is 0 Å². The van der Waals surface area contributed by atoms with E-state index < -0.39 is 0 Å². The van der Waals surface area contributed by atoms with Crippen LogP contribution in [0.15, 0.2) is 48.1 Å². The van der Waals surface area contributed by atoms with E-state index in [9.17, 15) is 0 Å². The minimum Gasteiger partial charge on any atom is -0.266 e. The van der Waals surface area contributed by atoms with E-state index in [1.54, 1.807) is 0 Å². The summed E-state index contributed by atoms with van der Waals surface area (Å²) in [5.41, 5.74) is 4.82. The molecule has 1 fully saturated rings. The highest BCUT2D eigenvalue weighted by atomic mass is 14.7. The molecule has 1 heteroatoms. The van der Waals surface area contributed by atoms with E-state index in [0.29, 0.717) is 0 Å². The molecule has 0 spiro atoms. The Hall–Kier alpha value is -1.63. The summed E-state index contributed by atoms with van der Waals surface area (Å²) in [7, 11) is 0. The summed E-state index contributed by atoms with van der Waals surface area (Å²) in [6.07, 6.45) is 6.44. The Morgan fingerprint density at radius 3 is 2.71 bits per heavy atom. The molecule has 1 nitrogen and oxygen atoms in total. The van der Waals surface area contributed by atoms with Crippen LogP contribution in [0.1, 0.15) is 43.7 Å². The summed E-state index contributed by atoms with van der Waals surface area (Å²) in [5.74, 6) is 0.789. The number of rotatable bonds is 4. The van der Waals surface area contributed by atoms with Crippen LogP contribution < -0.4 is 0 Å². The first-order valence-electron chi connectivity index (χ1n) is 6.14. The van der Waals surface area contributed by atoms with Crippen molar-refractivity contribution >= 4 is 11.3 Å². The van der Waals surface area contributed by atoms with Gasteiger partial charge in [0.2, 0.25) is 0 Å². The minimum atomic E-state index is 0.789. The highest BCUT2D eigenvalue weighted by Gasteiger charge is 2.23. The maximum atomic E-state index is 4.35. The molecule has 0 aliphatic heterocycles. The van der Waals surface area contributed by atoms with Gasteiger partial charge in [-0.05, 0) is 49.3 Å². The first-order valence-corrected chi connectivity index (χ1v) is 6.14. The number of nitrogens with zero attached hydrogens (tertiary/aromatic N) is 1. The molecule has 1 aliphatic carbocycles. The van der Waals surface area contributed by atoms with Crippen molar-refractivity contribution in [3.8, 4) is 0 Å². The average molecular weight is 225 g/mol. The lowest BCUT2D eigenvalue weighted by Crippen LogP contribution is -1.85. The molecule has 0 unspecified atom stereocenters. The van der Waals surface area contributed by atoms with Gasteiger partial charge in [0.05, 0.1) is 0 Å². The van der Waals surface area contributed by atoms with Crippen LogP contribution in [-0.2, 0) is 0 Å². The minimum absolute atomic E-state index is 0.789. The van der Waals surface area contributed by atoms with Gasteiger partial charge in [-0.3, -0.25) is 4.99 Å². The van der Waals surface area contributed by atoms with Crippen LogP contribution in [0.25, 0.3) is 5.57 Å². The Labute approximate surface area is 104 Å². The zero-order valence-electron chi connectivity index (χ0n) is 10.6. The zero-order valence-corrected chi connectivity index (χ0v) is 10.6. The average Bonchev–Trinajstić information content (AvgIpc) is 3.14. The summed E-state index contributed by atoms with van der Waals surface area (Å²) in [6, 6.07) is 8.74. The van der Waals surface area contributed by atoms with E-state index in [1.807, 2.05) is 26.1 Å². The fraction of sp³-hybridized carbons (Fsp3) is 0.312. The van der Waals surface area contributed by atoms with Gasteiger partial charge in [-0.25, -0.2) is 0 Å². The molecule has 1 aliphatic rings. The van der Waals surface area contributed by atoms with E-state index in [0.717, 1.165) is 17.2 Å². The lowest BCUT2D eigenvalue weighted by atomic mass is 10.0. The smallest absolute Gasteiger partial charge is 0.0345 e. The molecule has 1 aromatic rings. The van der Waals surface area contributed by atoms with Gasteiger partial charge in [-0.2, -0.15) is 0 Å². The highest BCUT2D eigenvalue weighted by Crippen LogP contribution is 2.40. The predicted octanol–water partition coefficient (Wildman–Crippen LogP) is 4.57. The van der Waals surface area contributed by atoms with Crippen molar-refractivity contribution in [2.75, 3.05) is 0 Å². The largest absolute Gasteiger partial charge is 0.266 e. The summed E-state index contributed by atoms with van der Waals surface area (Å²) in [4.78, 5) is 4.35. The van der Waals surface area contributed by atoms with Gasteiger partial charge in [-0.1, -0.05) is 36.9 Å². The van der Waals surface area contributed by atoms with Crippen LogP contribution in [0.3, 0.4) is 0 Å². The maximum absolute atomic E-state index is 4.35. The van der Waals surface area contributed by atoms with Crippen molar-refractivity contribution in [3.05, 3.63) is 54.2 Å². The molecule has 0 aromatic heterocycles. The third-order valence-corrected chi connectivity index (χ3v) is 2.95. The molecule has 1 aromatic carbocycles. The van der Waals surface area contributed by atoms with Crippen LogP contribution in [0, 0.1) is 0 Å². The predicted molar refractivity (Wildman–Crippen MR) is 75.4 cm³/mol. The fourth-order valence-corrected chi connectivity index (χ4v) is 1.83. The van der Waals surface area contributed by atoms with Crippen LogP contribution in [0.4, 0.5) is 0 Å². The second-order valence-corrected chi connectivity index (χ2v) is 4.76. The molecule has 0 saturated heterocycles. The maximum Gasteiger partial charge on any atom is 0.0345 e. The van der Waals surface area contributed by atoms with Gasteiger partial charge in [0.1, 0.15) is 0 Å². The number of benzene rings is 1. The van der Waals surface area contributed by atoms with Gasteiger partial charge < -0.3 is 0 Å². The number of allylic oxidation sites excluding steroid dienone is 2. The van der Waals surface area contributed by atoms with Crippen molar-refractivity contribution in [3.63, 3.8) is 0 Å². The number of hydrogen-bond acceptors (Lipinski definition) is 1. The summed E-state index contributed by atoms with van der Waals surface area (Å²) < 4.78 is 0. The van der Waals surface area contributed by atoms with Gasteiger partial charge >= 0.3 is 0 Å². The molecule has 17 heavy (non-hydrogen) atoms. The lowest BCUT2D eigenvalue weighted by molar-refractivity contribution is 1.13. The zero-order chi connectivity index (χ0) is 12.3. The normalized spacial score (nSPS) is 15.5. The molecule has 2 rings (SSSR count). The third-order valence-electron chi connectivity index (χ3n) is 2.95. The van der Waals surface area contributed by atoms with Crippen LogP contribution in [-0.4, -0.2) is 5.71 Å². The van der Waals surface area contributed by atoms with E-state index in [4.69, 9.17) is 0 Å². The van der Waals surface area contributed by atoms with Gasteiger partial charge in [0.15, 0.2) is 0 Å². The standard InChI is InChI=1S/C16H19N/c1-4-13(11-17-12(2)3)15-6-5-7-16(10-15)14-8-9-14/h4-7,10-11,14H,1,8-9H2,2-3H3/b13-11+. The Morgan fingerprint density at radius 1 is 1.35 bits per heavy atom. The quantitative estimate of drug-likeness (QED) is 0.525. The molecule has 0 radical (unpaired) electrons. The summed E-state index contributed by atoms with van der Waals surface area (Å²) >= 11 is 0. The van der Waals surface area contributed by atoms with Crippen molar-refractivity contribution < 1.29 is 0 Å². The van der Waals surface area contributed by atoms with Crippen LogP contribution in [0.2, 0.25) is 0 Å². The molecule has 0 atom stereocenters. The van der Waals surface area contributed by atoms with E-state index in [2.05, 4.69) is 35.8 Å². The molecular weight excluding hydrogens is 206 g/mol. The Balaban J connectivity index is 2.30. The molecular formula is C16H19N. The molecule has 88 valence electrons. The topological polar surface area (TPSA) is 12.4 Å². The van der Waals surface area contributed by atoms with E-state index in [1.165, 1.54) is 24.0 Å². The first-order chi connectivity index (χ1) is 8.20. The molecule has 0 bridgehead atoms. The molecule has 0 N–H and O–H groups in total. The second kappa shape index (κ2) is 5.13. The molecule has 0 heterocycles. The van der Waals surface area contributed by atoms with Crippen molar-refractivity contribution in [1.29, 1.82) is 0 Å². The SMILES string of the molecule is C=C/C(=C\N=C(C)C)c1cccc(C2CC2)c1. The van der Waals surface area contributed by atoms with E-state index in [-0.39, 0.29) is 0 Å². The van der Waals surface area contributed by atoms with Crippen LogP contribution >= 0.6 is 0 Å². The van der Waals surface area contributed by atoms with Gasteiger partial charge in [-0.15, -0.1) is 0 Å². The van der Waals surface area contributed by atoms with Gasteiger partial charge in [0, 0.05) is 11.9 Å². The fourth-order valence-electron chi connectivity index (χ4n) is 1.83. The second-order valence-electron chi connectivity index (χ2n) is 4.76. The van der Waals surface area contributed by atoms with Crippen LogP contribution in [0.5, 0.6) is 0 Å².